The number of hydrogen-bond donors (Lipinski definition) is 1. The molecule has 156 valence electrons. The van der Waals surface area contributed by atoms with Gasteiger partial charge in [0, 0.05) is 30.1 Å². The molecule has 0 aliphatic carbocycles. The number of carbonyl (C=O) groups is 1. The van der Waals surface area contributed by atoms with Gasteiger partial charge in [-0.2, -0.15) is 0 Å². The third-order valence-electron chi connectivity index (χ3n) is 4.60. The molecule has 1 unspecified atom stereocenters. The second-order valence-electron chi connectivity index (χ2n) is 6.65. The number of halogens is 3. The van der Waals surface area contributed by atoms with Crippen molar-refractivity contribution >= 4 is 17.7 Å². The van der Waals surface area contributed by atoms with Crippen molar-refractivity contribution < 1.29 is 22.7 Å². The van der Waals surface area contributed by atoms with E-state index in [4.69, 9.17) is 0 Å². The number of aryl methyl sites for hydroxylation is 1. The molecule has 0 fully saturated rings. The fourth-order valence-electron chi connectivity index (χ4n) is 3.10. The summed E-state index contributed by atoms with van der Waals surface area (Å²) in [6, 6.07) is 5.30. The summed E-state index contributed by atoms with van der Waals surface area (Å²) in [7, 11) is 0. The van der Waals surface area contributed by atoms with Crippen LogP contribution in [0.5, 0.6) is 5.75 Å². The molecule has 1 N–H and O–H groups in total. The van der Waals surface area contributed by atoms with Crippen LogP contribution in [-0.2, 0) is 24.3 Å². The SMILES string of the molecule is CCc1c(C)nc2n(c1=O)CC(C(=O)NCc1ccc(OC(F)(F)F)cc1)CS2. The van der Waals surface area contributed by atoms with Gasteiger partial charge in [-0.1, -0.05) is 30.8 Å². The highest BCUT2D eigenvalue weighted by Crippen LogP contribution is 2.26. The van der Waals surface area contributed by atoms with Crippen LogP contribution in [0.4, 0.5) is 13.2 Å². The predicted molar refractivity (Wildman–Crippen MR) is 102 cm³/mol. The Labute approximate surface area is 169 Å². The van der Waals surface area contributed by atoms with Gasteiger partial charge in [0.25, 0.3) is 5.56 Å². The number of hydrogen-bond acceptors (Lipinski definition) is 5. The summed E-state index contributed by atoms with van der Waals surface area (Å²) in [6.07, 6.45) is -4.17. The number of alkyl halides is 3. The molecule has 3 rings (SSSR count). The first kappa shape index (κ1) is 21.2. The van der Waals surface area contributed by atoms with Crippen molar-refractivity contribution in [1.29, 1.82) is 0 Å². The minimum Gasteiger partial charge on any atom is -0.406 e. The van der Waals surface area contributed by atoms with Gasteiger partial charge in [0.05, 0.1) is 5.92 Å². The topological polar surface area (TPSA) is 73.2 Å². The number of amides is 1. The number of fused-ring (bicyclic) bond motifs is 1. The normalized spacial score (nSPS) is 16.2. The third-order valence-corrected chi connectivity index (χ3v) is 5.74. The summed E-state index contributed by atoms with van der Waals surface area (Å²) < 4.78 is 42.0. The van der Waals surface area contributed by atoms with Gasteiger partial charge in [-0.05, 0) is 31.0 Å². The van der Waals surface area contributed by atoms with Crippen molar-refractivity contribution in [2.24, 2.45) is 5.92 Å². The van der Waals surface area contributed by atoms with Gasteiger partial charge in [0.15, 0.2) is 5.16 Å². The van der Waals surface area contributed by atoms with E-state index in [2.05, 4.69) is 15.0 Å². The zero-order valence-electron chi connectivity index (χ0n) is 15.9. The van der Waals surface area contributed by atoms with Crippen LogP contribution < -0.4 is 15.6 Å². The zero-order valence-corrected chi connectivity index (χ0v) is 16.7. The van der Waals surface area contributed by atoms with Crippen molar-refractivity contribution in [2.45, 2.75) is 44.9 Å². The molecule has 6 nitrogen and oxygen atoms in total. The number of thioether (sulfide) groups is 1. The molecule has 1 atom stereocenters. The number of nitrogens with zero attached hydrogens (tertiary/aromatic N) is 2. The predicted octanol–water partition coefficient (Wildman–Crippen LogP) is 3.05. The Morgan fingerprint density at radius 1 is 1.34 bits per heavy atom. The highest BCUT2D eigenvalue weighted by molar-refractivity contribution is 7.99. The second kappa shape index (κ2) is 8.48. The van der Waals surface area contributed by atoms with E-state index in [0.717, 1.165) is 5.69 Å². The molecule has 0 saturated carbocycles. The fraction of sp³-hybridized carbons (Fsp3) is 0.421. The molecule has 0 bridgehead atoms. The van der Waals surface area contributed by atoms with Crippen molar-refractivity contribution in [1.82, 2.24) is 14.9 Å². The van der Waals surface area contributed by atoms with Crippen molar-refractivity contribution in [3.05, 3.63) is 51.4 Å². The van der Waals surface area contributed by atoms with Crippen LogP contribution in [0.2, 0.25) is 0 Å². The number of nitrogens with one attached hydrogen (secondary N) is 1. The van der Waals surface area contributed by atoms with Crippen molar-refractivity contribution in [3.8, 4) is 5.75 Å². The van der Waals surface area contributed by atoms with Crippen molar-refractivity contribution in [3.63, 3.8) is 0 Å². The zero-order chi connectivity index (χ0) is 21.2. The van der Waals surface area contributed by atoms with Crippen LogP contribution in [0.1, 0.15) is 23.7 Å². The largest absolute Gasteiger partial charge is 0.573 e. The van der Waals surface area contributed by atoms with E-state index in [-0.39, 0.29) is 30.3 Å². The number of ether oxygens (including phenoxy) is 1. The highest BCUT2D eigenvalue weighted by atomic mass is 32.2. The van der Waals surface area contributed by atoms with E-state index < -0.39 is 12.3 Å². The lowest BCUT2D eigenvalue weighted by Crippen LogP contribution is -2.40. The minimum absolute atomic E-state index is 0.111. The minimum atomic E-state index is -4.74. The molecule has 2 heterocycles. The molecule has 1 aromatic carbocycles. The van der Waals surface area contributed by atoms with Gasteiger partial charge in [0.1, 0.15) is 5.75 Å². The lowest BCUT2D eigenvalue weighted by Gasteiger charge is -2.25. The Kier molecular flexibility index (Phi) is 6.21. The van der Waals surface area contributed by atoms with Gasteiger partial charge in [-0.3, -0.25) is 14.2 Å². The van der Waals surface area contributed by atoms with Crippen LogP contribution in [0.15, 0.2) is 34.2 Å². The van der Waals surface area contributed by atoms with E-state index in [1.165, 1.54) is 36.0 Å². The molecule has 1 aliphatic rings. The summed E-state index contributed by atoms with van der Waals surface area (Å²) in [6.45, 7) is 4.13. The van der Waals surface area contributed by atoms with E-state index in [9.17, 15) is 22.8 Å². The van der Waals surface area contributed by atoms with E-state index in [1.54, 1.807) is 4.57 Å². The summed E-state index contributed by atoms with van der Waals surface area (Å²) in [5.74, 6) is -0.431. The average molecular weight is 427 g/mol. The lowest BCUT2D eigenvalue weighted by molar-refractivity contribution is -0.274. The van der Waals surface area contributed by atoms with E-state index >= 15 is 0 Å². The summed E-state index contributed by atoms with van der Waals surface area (Å²) in [5.41, 5.74) is 1.90. The maximum absolute atomic E-state index is 12.6. The fourth-order valence-corrected chi connectivity index (χ4v) is 4.23. The Hall–Kier alpha value is -2.49. The Morgan fingerprint density at radius 2 is 2.03 bits per heavy atom. The van der Waals surface area contributed by atoms with Gasteiger partial charge < -0.3 is 10.1 Å². The number of benzene rings is 1. The molecule has 0 radical (unpaired) electrons. The smallest absolute Gasteiger partial charge is 0.406 e. The molecule has 29 heavy (non-hydrogen) atoms. The van der Waals surface area contributed by atoms with Crippen LogP contribution >= 0.6 is 11.8 Å². The molecule has 2 aromatic rings. The summed E-state index contributed by atoms with van der Waals surface area (Å²) >= 11 is 1.37. The quantitative estimate of drug-likeness (QED) is 0.743. The van der Waals surface area contributed by atoms with Gasteiger partial charge in [0.2, 0.25) is 5.91 Å². The Balaban J connectivity index is 1.62. The molecule has 1 amide bonds. The van der Waals surface area contributed by atoms with Crippen LogP contribution in [-0.4, -0.2) is 27.6 Å². The Bertz CT molecular complexity index is 958. The highest BCUT2D eigenvalue weighted by Gasteiger charge is 2.31. The van der Waals surface area contributed by atoms with Gasteiger partial charge in [-0.25, -0.2) is 4.98 Å². The first-order chi connectivity index (χ1) is 13.7. The van der Waals surface area contributed by atoms with Gasteiger partial charge >= 0.3 is 6.36 Å². The lowest BCUT2D eigenvalue weighted by atomic mass is 10.1. The monoisotopic (exact) mass is 427 g/mol. The molecule has 10 heteroatoms. The first-order valence-electron chi connectivity index (χ1n) is 9.03. The molecular formula is C19H20F3N3O3S. The van der Waals surface area contributed by atoms with E-state index in [0.29, 0.717) is 28.5 Å². The number of aromatic nitrogens is 2. The van der Waals surface area contributed by atoms with Crippen LogP contribution in [0.25, 0.3) is 0 Å². The number of rotatable bonds is 5. The van der Waals surface area contributed by atoms with Crippen LogP contribution in [0, 0.1) is 12.8 Å². The number of carbonyl (C=O) groups excluding carboxylic acids is 1. The molecule has 0 spiro atoms. The average Bonchev–Trinajstić information content (AvgIpc) is 2.66. The molecular weight excluding hydrogens is 407 g/mol. The maximum atomic E-state index is 12.6. The standard InChI is InChI=1S/C19H20F3N3O3S/c1-3-15-11(2)24-18-25(17(15)27)9-13(10-29-18)16(26)23-8-12-4-6-14(7-5-12)28-19(20,21)22/h4-7,13H,3,8-10H2,1-2H3,(H,23,26). The summed E-state index contributed by atoms with van der Waals surface area (Å²) in [4.78, 5) is 29.6. The first-order valence-corrected chi connectivity index (χ1v) is 10.0. The molecule has 0 saturated heterocycles. The van der Waals surface area contributed by atoms with Crippen molar-refractivity contribution in [2.75, 3.05) is 5.75 Å². The Morgan fingerprint density at radius 3 is 2.66 bits per heavy atom. The van der Waals surface area contributed by atoms with Gasteiger partial charge in [-0.15, -0.1) is 13.2 Å². The van der Waals surface area contributed by atoms with Crippen LogP contribution in [0.3, 0.4) is 0 Å². The molecule has 1 aromatic heterocycles. The van der Waals surface area contributed by atoms with E-state index in [1.807, 2.05) is 13.8 Å². The maximum Gasteiger partial charge on any atom is 0.573 e. The molecule has 1 aliphatic heterocycles. The summed E-state index contributed by atoms with van der Waals surface area (Å²) in [5, 5.41) is 3.39. The second-order valence-corrected chi connectivity index (χ2v) is 7.63. The third kappa shape index (κ3) is 5.11.